The van der Waals surface area contributed by atoms with Crippen LogP contribution in [0, 0.1) is 5.82 Å². The van der Waals surface area contributed by atoms with Gasteiger partial charge in [0.05, 0.1) is 12.3 Å². The highest BCUT2D eigenvalue weighted by Crippen LogP contribution is 2.20. The van der Waals surface area contributed by atoms with Crippen LogP contribution in [0.5, 0.6) is 5.88 Å². The molecule has 1 aromatic carbocycles. The van der Waals surface area contributed by atoms with Crippen molar-refractivity contribution in [3.63, 3.8) is 0 Å². The fourth-order valence-corrected chi connectivity index (χ4v) is 1.96. The number of nitrogens with zero attached hydrogens (tertiary/aromatic N) is 2. The number of hydrogen-bond donors (Lipinski definition) is 1. The molecule has 1 amide bonds. The van der Waals surface area contributed by atoms with Crippen LogP contribution < -0.4 is 10.1 Å². The van der Waals surface area contributed by atoms with Crippen LogP contribution in [0.15, 0.2) is 30.5 Å². The molecule has 0 aliphatic rings. The van der Waals surface area contributed by atoms with Gasteiger partial charge in [0.1, 0.15) is 11.4 Å². The Morgan fingerprint density at radius 2 is 2.09 bits per heavy atom. The van der Waals surface area contributed by atoms with Gasteiger partial charge in [0.15, 0.2) is 0 Å². The molecular formula is C16H20FN3O2. The highest BCUT2D eigenvalue weighted by molar-refractivity contribution is 6.05. The number of carbonyl (C=O) groups excluding carboxylic acids is 1. The molecule has 1 aromatic heterocycles. The molecule has 6 heteroatoms. The third kappa shape index (κ3) is 3.84. The smallest absolute Gasteiger partial charge is 0.262 e. The summed E-state index contributed by atoms with van der Waals surface area (Å²) >= 11 is 0. The number of anilines is 1. The summed E-state index contributed by atoms with van der Waals surface area (Å²) in [5.41, 5.74) is 0.447. The number of halogens is 1. The van der Waals surface area contributed by atoms with Crippen molar-refractivity contribution in [3.05, 3.63) is 41.8 Å². The lowest BCUT2D eigenvalue weighted by atomic mass is 10.2. The van der Waals surface area contributed by atoms with Crippen LogP contribution in [0.3, 0.4) is 0 Å². The Morgan fingerprint density at radius 3 is 2.77 bits per heavy atom. The monoisotopic (exact) mass is 305 g/mol. The van der Waals surface area contributed by atoms with Gasteiger partial charge in [-0.25, -0.2) is 4.39 Å². The van der Waals surface area contributed by atoms with E-state index in [1.165, 1.54) is 12.1 Å². The SMILES string of the molecule is CCCOc1nn(CCC)cc1C(=O)Nc1ccccc1F. The topological polar surface area (TPSA) is 56.2 Å². The lowest BCUT2D eigenvalue weighted by Gasteiger charge is -2.06. The first-order chi connectivity index (χ1) is 10.7. The third-order valence-electron chi connectivity index (χ3n) is 2.99. The summed E-state index contributed by atoms with van der Waals surface area (Å²) in [4.78, 5) is 12.4. The lowest BCUT2D eigenvalue weighted by molar-refractivity contribution is 0.102. The number of aryl methyl sites for hydroxylation is 1. The number of rotatable bonds is 7. The van der Waals surface area contributed by atoms with Crippen molar-refractivity contribution >= 4 is 11.6 Å². The van der Waals surface area contributed by atoms with E-state index in [-0.39, 0.29) is 11.6 Å². The number of nitrogens with one attached hydrogen (secondary N) is 1. The van der Waals surface area contributed by atoms with Gasteiger partial charge in [-0.05, 0) is 25.0 Å². The molecule has 0 aliphatic heterocycles. The molecule has 0 fully saturated rings. The summed E-state index contributed by atoms with van der Waals surface area (Å²) in [5, 5.41) is 6.81. The summed E-state index contributed by atoms with van der Waals surface area (Å²) in [6, 6.07) is 6.04. The molecule has 0 saturated carbocycles. The van der Waals surface area contributed by atoms with E-state index < -0.39 is 11.7 Å². The van der Waals surface area contributed by atoms with Gasteiger partial charge in [0, 0.05) is 12.7 Å². The van der Waals surface area contributed by atoms with Crippen molar-refractivity contribution in [3.8, 4) is 5.88 Å². The molecule has 118 valence electrons. The first-order valence-electron chi connectivity index (χ1n) is 7.41. The fourth-order valence-electron chi connectivity index (χ4n) is 1.96. The Hall–Kier alpha value is -2.37. The molecule has 0 saturated heterocycles. The zero-order valence-electron chi connectivity index (χ0n) is 12.8. The van der Waals surface area contributed by atoms with Crippen LogP contribution in [0.1, 0.15) is 37.0 Å². The molecule has 0 spiro atoms. The molecule has 2 rings (SSSR count). The van der Waals surface area contributed by atoms with E-state index >= 15 is 0 Å². The van der Waals surface area contributed by atoms with Gasteiger partial charge in [-0.1, -0.05) is 26.0 Å². The van der Waals surface area contributed by atoms with Crippen LogP contribution in [-0.4, -0.2) is 22.3 Å². The second kappa shape index (κ2) is 7.59. The zero-order chi connectivity index (χ0) is 15.9. The summed E-state index contributed by atoms with van der Waals surface area (Å²) < 4.78 is 20.8. The van der Waals surface area contributed by atoms with E-state index in [4.69, 9.17) is 4.74 Å². The number of aromatic nitrogens is 2. The molecular weight excluding hydrogens is 285 g/mol. The number of ether oxygens (including phenoxy) is 1. The van der Waals surface area contributed by atoms with Crippen molar-refractivity contribution in [1.29, 1.82) is 0 Å². The molecule has 22 heavy (non-hydrogen) atoms. The van der Waals surface area contributed by atoms with E-state index in [0.29, 0.717) is 18.7 Å². The number of benzene rings is 1. The minimum absolute atomic E-state index is 0.136. The Labute approximate surface area is 129 Å². The van der Waals surface area contributed by atoms with Crippen molar-refractivity contribution < 1.29 is 13.9 Å². The van der Waals surface area contributed by atoms with E-state index in [9.17, 15) is 9.18 Å². The first kappa shape index (κ1) is 16.0. The normalized spacial score (nSPS) is 10.5. The Bertz CT molecular complexity index is 640. The van der Waals surface area contributed by atoms with Gasteiger partial charge >= 0.3 is 0 Å². The van der Waals surface area contributed by atoms with Crippen LogP contribution in [-0.2, 0) is 6.54 Å². The summed E-state index contributed by atoms with van der Waals surface area (Å²) in [7, 11) is 0. The van der Waals surface area contributed by atoms with Gasteiger partial charge in [-0.15, -0.1) is 5.10 Å². The quantitative estimate of drug-likeness (QED) is 0.852. The van der Waals surface area contributed by atoms with Gasteiger partial charge in [-0.2, -0.15) is 0 Å². The maximum absolute atomic E-state index is 13.6. The second-order valence-electron chi connectivity index (χ2n) is 4.89. The zero-order valence-corrected chi connectivity index (χ0v) is 12.8. The number of carbonyl (C=O) groups is 1. The number of hydrogen-bond acceptors (Lipinski definition) is 3. The predicted molar refractivity (Wildman–Crippen MR) is 82.7 cm³/mol. The number of para-hydroxylation sites is 1. The predicted octanol–water partition coefficient (Wildman–Crippen LogP) is 3.47. The summed E-state index contributed by atoms with van der Waals surface area (Å²) in [5.74, 6) is -0.629. The van der Waals surface area contributed by atoms with Crippen molar-refractivity contribution in [2.75, 3.05) is 11.9 Å². The molecule has 0 aliphatic carbocycles. The largest absolute Gasteiger partial charge is 0.476 e. The highest BCUT2D eigenvalue weighted by Gasteiger charge is 2.18. The van der Waals surface area contributed by atoms with Crippen LogP contribution in [0.4, 0.5) is 10.1 Å². The minimum atomic E-state index is -0.479. The van der Waals surface area contributed by atoms with Gasteiger partial charge in [0.2, 0.25) is 5.88 Å². The number of amides is 1. The van der Waals surface area contributed by atoms with E-state index in [1.807, 2.05) is 13.8 Å². The molecule has 0 radical (unpaired) electrons. The first-order valence-corrected chi connectivity index (χ1v) is 7.41. The fraction of sp³-hybridized carbons (Fsp3) is 0.375. The van der Waals surface area contributed by atoms with Crippen molar-refractivity contribution in [2.45, 2.75) is 33.2 Å². The maximum atomic E-state index is 13.6. The highest BCUT2D eigenvalue weighted by atomic mass is 19.1. The van der Waals surface area contributed by atoms with Crippen molar-refractivity contribution in [1.82, 2.24) is 9.78 Å². The molecule has 0 bridgehead atoms. The average molecular weight is 305 g/mol. The van der Waals surface area contributed by atoms with Crippen LogP contribution in [0.2, 0.25) is 0 Å². The third-order valence-corrected chi connectivity index (χ3v) is 2.99. The molecule has 1 N–H and O–H groups in total. The molecule has 0 unspecified atom stereocenters. The minimum Gasteiger partial charge on any atom is -0.476 e. The van der Waals surface area contributed by atoms with Crippen molar-refractivity contribution in [2.24, 2.45) is 0 Å². The standard InChI is InChI=1S/C16H20FN3O2/c1-3-9-20-11-12(16(19-20)22-10-4-2)15(21)18-14-8-6-5-7-13(14)17/h5-8,11H,3-4,9-10H2,1-2H3,(H,18,21). The van der Waals surface area contributed by atoms with Gasteiger partial charge in [-0.3, -0.25) is 9.48 Å². The Morgan fingerprint density at radius 1 is 1.32 bits per heavy atom. The molecule has 0 atom stereocenters. The maximum Gasteiger partial charge on any atom is 0.262 e. The second-order valence-corrected chi connectivity index (χ2v) is 4.89. The lowest BCUT2D eigenvalue weighted by Crippen LogP contribution is -2.14. The van der Waals surface area contributed by atoms with E-state index in [2.05, 4.69) is 10.4 Å². The molecule has 1 heterocycles. The molecule has 5 nitrogen and oxygen atoms in total. The summed E-state index contributed by atoms with van der Waals surface area (Å²) in [6.07, 6.45) is 3.34. The van der Waals surface area contributed by atoms with Gasteiger partial charge in [0.25, 0.3) is 5.91 Å². The van der Waals surface area contributed by atoms with Crippen LogP contribution in [0.25, 0.3) is 0 Å². The van der Waals surface area contributed by atoms with Gasteiger partial charge < -0.3 is 10.1 Å². The Balaban J connectivity index is 2.21. The molecule has 2 aromatic rings. The summed E-state index contributed by atoms with van der Waals surface area (Å²) in [6.45, 7) is 5.16. The Kier molecular flexibility index (Phi) is 5.52. The van der Waals surface area contributed by atoms with E-state index in [0.717, 1.165) is 12.8 Å². The van der Waals surface area contributed by atoms with E-state index in [1.54, 1.807) is 23.0 Å². The average Bonchev–Trinajstić information content (AvgIpc) is 2.91. The van der Waals surface area contributed by atoms with Crippen LogP contribution >= 0.6 is 0 Å².